The molecule has 0 spiro atoms. The highest BCUT2D eigenvalue weighted by Gasteiger charge is 2.30. The van der Waals surface area contributed by atoms with Gasteiger partial charge in [0.2, 0.25) is 5.69 Å². The van der Waals surface area contributed by atoms with Crippen LogP contribution in [0, 0.1) is 5.21 Å². The second-order valence-corrected chi connectivity index (χ2v) is 16.7. The quantitative estimate of drug-likeness (QED) is 0.0112. The average molecular weight is 889 g/mol. The molecule has 6 rings (SSSR count). The van der Waals surface area contributed by atoms with Gasteiger partial charge in [0.25, 0.3) is 30.4 Å². The number of phenolic OH excluding ortho intramolecular Hbond substituents is 2. The molecule has 6 aromatic rings. The topological polar surface area (TPSA) is 382 Å². The Morgan fingerprint density at radius 2 is 1.14 bits per heavy atom. The summed E-state index contributed by atoms with van der Waals surface area (Å²) in [6.45, 7) is 0. The van der Waals surface area contributed by atoms with Crippen LogP contribution in [-0.4, -0.2) is 59.2 Å². The molecule has 0 fully saturated rings. The maximum Gasteiger partial charge on any atom is 0.296 e. The monoisotopic (exact) mass is 888 g/mol. The van der Waals surface area contributed by atoms with Crippen molar-refractivity contribution in [2.75, 3.05) is 11.5 Å². The highest BCUT2D eigenvalue weighted by molar-refractivity contribution is 7.94. The van der Waals surface area contributed by atoms with E-state index in [0.717, 1.165) is 24.3 Å². The third-order valence-electron chi connectivity index (χ3n) is 8.03. The lowest BCUT2D eigenvalue weighted by Gasteiger charge is -2.13. The lowest BCUT2D eigenvalue weighted by molar-refractivity contribution is -0.435. The summed E-state index contributed by atoms with van der Waals surface area (Å²) in [7, 11) is -15.4. The summed E-state index contributed by atoms with van der Waals surface area (Å²) < 4.78 is 105. The Hall–Kier alpha value is -6.40. The predicted molar refractivity (Wildman–Crippen MR) is 207 cm³/mol. The molecule has 0 saturated carbocycles. The van der Waals surface area contributed by atoms with Crippen molar-refractivity contribution in [3.05, 3.63) is 90.1 Å². The molecule has 27 heteroatoms. The third-order valence-corrected chi connectivity index (χ3v) is 11.4. The van der Waals surface area contributed by atoms with Crippen molar-refractivity contribution in [2.24, 2.45) is 25.6 Å². The Kier molecular flexibility index (Phi) is 11.5. The Morgan fingerprint density at radius 1 is 0.610 bits per heavy atom. The minimum atomic E-state index is -5.25. The molecular formula is C32H24N8O15S4. The molecular weight excluding hydrogens is 865 g/mol. The molecule has 0 saturated heterocycles. The van der Waals surface area contributed by atoms with Gasteiger partial charge in [-0.3, -0.25) is 13.7 Å². The van der Waals surface area contributed by atoms with E-state index in [1.54, 1.807) is 0 Å². The van der Waals surface area contributed by atoms with Gasteiger partial charge in [0.15, 0.2) is 0 Å². The van der Waals surface area contributed by atoms with Crippen molar-refractivity contribution in [3.8, 4) is 11.5 Å². The van der Waals surface area contributed by atoms with Gasteiger partial charge in [-0.2, -0.15) is 35.5 Å². The number of anilines is 2. The molecule has 0 atom stereocenters. The fourth-order valence-electron chi connectivity index (χ4n) is 5.52. The fraction of sp³-hybridized carbons (Fsp3) is 0. The van der Waals surface area contributed by atoms with Crippen molar-refractivity contribution >= 4 is 109 Å². The van der Waals surface area contributed by atoms with Crippen LogP contribution < -0.4 is 11.5 Å². The van der Waals surface area contributed by atoms with E-state index in [-0.39, 0.29) is 61.2 Å². The first-order valence-electron chi connectivity index (χ1n) is 15.6. The van der Waals surface area contributed by atoms with Crippen LogP contribution in [0.5, 0.6) is 11.5 Å². The standard InChI is InChI=1S/C32H24N8O15S4/c33-30-22(10-9-20-28(30)25(42)14-27(58(48,49)50)32(20)59(51,52)53)37-35-15-1-3-17(4-2-15)39-40(43)18-7-5-16(6-8-18)36-38-23-13-26(57(45,46)47)21-11-19(56-55-54-44)12-24(41)29(21)31(23)34/h1-14,41-42,44H,33-34H2,(H,45,46,47)(H,48,49,50)(H,51,52,53). The van der Waals surface area contributed by atoms with Gasteiger partial charge in [-0.05, 0) is 60.7 Å². The lowest BCUT2D eigenvalue weighted by atomic mass is 10.1. The Bertz CT molecular complexity index is 3110. The van der Waals surface area contributed by atoms with Crippen LogP contribution in [0.4, 0.5) is 45.5 Å². The van der Waals surface area contributed by atoms with Crippen LogP contribution in [-0.2, 0) is 39.7 Å². The number of nitrogens with zero attached hydrogens (tertiary/aromatic N) is 6. The molecule has 10 N–H and O–H groups in total. The van der Waals surface area contributed by atoms with Crippen LogP contribution in [0.15, 0.2) is 130 Å². The minimum absolute atomic E-state index is 0.0525. The SMILES string of the molecule is Nc1c(N=Nc2ccc([N+]([O-])=Nc3ccc(N=Nc4ccc5c(S(=O)(=O)O)c(S(=O)(=O)O)cc(O)c5c4N)cc3)cc2)cc(S(=O)(=O)O)c2cc(SOOO)cc(O)c12. The fourth-order valence-corrected chi connectivity index (χ4v) is 8.65. The average Bonchev–Trinajstić information content (AvgIpc) is 3.15. The zero-order chi connectivity index (χ0) is 43.0. The van der Waals surface area contributed by atoms with Crippen LogP contribution in [0.1, 0.15) is 0 Å². The first kappa shape index (κ1) is 42.2. The number of benzene rings is 6. The summed E-state index contributed by atoms with van der Waals surface area (Å²) in [6, 6.07) is 16.9. The molecule has 0 aliphatic rings. The molecule has 23 nitrogen and oxygen atoms in total. The lowest BCUT2D eigenvalue weighted by Crippen LogP contribution is -2.09. The van der Waals surface area contributed by atoms with E-state index in [2.05, 4.69) is 34.9 Å². The molecule has 0 heterocycles. The zero-order valence-corrected chi connectivity index (χ0v) is 32.2. The smallest absolute Gasteiger partial charge is 0.296 e. The molecule has 0 unspecified atom stereocenters. The zero-order valence-electron chi connectivity index (χ0n) is 28.9. The first-order chi connectivity index (χ1) is 27.7. The highest BCUT2D eigenvalue weighted by Crippen LogP contribution is 2.45. The second kappa shape index (κ2) is 16.1. The largest absolute Gasteiger partial charge is 0.594 e. The van der Waals surface area contributed by atoms with E-state index < -0.39 is 67.3 Å². The summed E-state index contributed by atoms with van der Waals surface area (Å²) in [5, 5.41) is 64.4. The first-order valence-corrected chi connectivity index (χ1v) is 20.7. The highest BCUT2D eigenvalue weighted by atomic mass is 32.2. The van der Waals surface area contributed by atoms with Gasteiger partial charge in [0.1, 0.15) is 43.2 Å². The maximum absolute atomic E-state index is 12.8. The van der Waals surface area contributed by atoms with Gasteiger partial charge < -0.3 is 26.9 Å². The summed E-state index contributed by atoms with van der Waals surface area (Å²) in [6.07, 6.45) is 0. The molecule has 0 aromatic heterocycles. The molecule has 6 aromatic carbocycles. The maximum atomic E-state index is 12.8. The molecule has 0 radical (unpaired) electrons. The second-order valence-electron chi connectivity index (χ2n) is 11.8. The number of hydrogen-bond acceptors (Lipinski definition) is 20. The van der Waals surface area contributed by atoms with Crippen LogP contribution in [0.3, 0.4) is 0 Å². The molecule has 0 amide bonds. The Balaban J connectivity index is 1.20. The van der Waals surface area contributed by atoms with E-state index in [4.69, 9.17) is 16.7 Å². The van der Waals surface area contributed by atoms with E-state index >= 15 is 0 Å². The number of aromatic hydroxyl groups is 2. The Morgan fingerprint density at radius 3 is 1.71 bits per heavy atom. The van der Waals surface area contributed by atoms with Crippen molar-refractivity contribution in [2.45, 2.75) is 19.6 Å². The number of azo groups is 3. The van der Waals surface area contributed by atoms with Crippen molar-refractivity contribution < 1.29 is 68.6 Å². The number of hydrogen-bond donors (Lipinski definition) is 8. The van der Waals surface area contributed by atoms with E-state index in [0.29, 0.717) is 23.0 Å². The van der Waals surface area contributed by atoms with Crippen LogP contribution in [0.25, 0.3) is 21.5 Å². The van der Waals surface area contributed by atoms with Crippen molar-refractivity contribution in [3.63, 3.8) is 0 Å². The third kappa shape index (κ3) is 9.02. The number of fused-ring (bicyclic) bond motifs is 2. The van der Waals surface area contributed by atoms with Gasteiger partial charge in [-0.15, -0.1) is 14.6 Å². The Labute approximate surface area is 335 Å². The number of nitrogen functional groups attached to an aromatic ring is 2. The number of phenols is 2. The number of rotatable bonds is 12. The van der Waals surface area contributed by atoms with Crippen molar-refractivity contribution in [1.82, 2.24) is 0 Å². The van der Waals surface area contributed by atoms with Gasteiger partial charge in [-0.25, -0.2) is 5.26 Å². The molecule has 59 heavy (non-hydrogen) atoms. The normalized spacial score (nSPS) is 13.0. The van der Waals surface area contributed by atoms with Gasteiger partial charge in [0, 0.05) is 39.0 Å². The van der Waals surface area contributed by atoms with Crippen LogP contribution >= 0.6 is 12.0 Å². The molecule has 0 aliphatic carbocycles. The van der Waals surface area contributed by atoms with E-state index in [9.17, 15) is 54.3 Å². The van der Waals surface area contributed by atoms with Gasteiger partial charge >= 0.3 is 0 Å². The summed E-state index contributed by atoms with van der Waals surface area (Å²) in [5.41, 5.74) is 12.0. The van der Waals surface area contributed by atoms with Crippen molar-refractivity contribution in [1.29, 1.82) is 0 Å². The predicted octanol–water partition coefficient (Wildman–Crippen LogP) is 7.49. The summed E-state index contributed by atoms with van der Waals surface area (Å²) in [4.78, 5) is -2.79. The van der Waals surface area contributed by atoms with Gasteiger partial charge in [0.05, 0.1) is 45.6 Å². The molecule has 0 aliphatic heterocycles. The number of nitrogens with two attached hydrogens (primary N) is 2. The van der Waals surface area contributed by atoms with Crippen LogP contribution in [0.2, 0.25) is 0 Å². The summed E-state index contributed by atoms with van der Waals surface area (Å²) >= 11 is 0.419. The molecule has 306 valence electrons. The molecule has 0 bridgehead atoms. The summed E-state index contributed by atoms with van der Waals surface area (Å²) in [5.74, 6) is -1.36. The minimum Gasteiger partial charge on any atom is -0.594 e. The van der Waals surface area contributed by atoms with E-state index in [1.807, 2.05) is 0 Å². The van der Waals surface area contributed by atoms with E-state index in [1.165, 1.54) is 54.6 Å². The van der Waals surface area contributed by atoms with Gasteiger partial charge in [-0.1, -0.05) is 16.0 Å².